The van der Waals surface area contributed by atoms with Gasteiger partial charge in [-0.3, -0.25) is 4.79 Å². The van der Waals surface area contributed by atoms with Crippen LogP contribution in [0.25, 0.3) is 10.9 Å². The van der Waals surface area contributed by atoms with Crippen molar-refractivity contribution >= 4 is 22.5 Å². The van der Waals surface area contributed by atoms with Crippen LogP contribution in [0.3, 0.4) is 0 Å². The Morgan fingerprint density at radius 3 is 2.70 bits per heavy atom. The number of nitrogens with zero attached hydrogens (tertiary/aromatic N) is 3. The Bertz CT molecular complexity index is 1010. The van der Waals surface area contributed by atoms with Crippen molar-refractivity contribution in [1.29, 1.82) is 0 Å². The van der Waals surface area contributed by atoms with E-state index in [2.05, 4.69) is 10.2 Å². The fourth-order valence-electron chi connectivity index (χ4n) is 2.98. The van der Waals surface area contributed by atoms with Crippen LogP contribution in [0.5, 0.6) is 11.6 Å². The van der Waals surface area contributed by atoms with Crippen LogP contribution in [0, 0.1) is 13.8 Å². The van der Waals surface area contributed by atoms with Gasteiger partial charge >= 0.3 is 5.91 Å². The average molecular weight is 365 g/mol. The van der Waals surface area contributed by atoms with Crippen molar-refractivity contribution in [3.63, 3.8) is 0 Å². The molecule has 0 spiro atoms. The van der Waals surface area contributed by atoms with E-state index < -0.39 is 5.91 Å². The molecule has 1 aromatic heterocycles. The average Bonchev–Trinajstić information content (AvgIpc) is 2.90. The molecule has 0 bridgehead atoms. The van der Waals surface area contributed by atoms with E-state index in [0.717, 1.165) is 28.5 Å². The molecule has 6 nitrogen and oxygen atoms in total. The van der Waals surface area contributed by atoms with E-state index in [4.69, 9.17) is 4.74 Å². The minimum absolute atomic E-state index is 0.0221. The monoisotopic (exact) mass is 365 g/mol. The third-order valence-electron chi connectivity index (χ3n) is 4.32. The van der Waals surface area contributed by atoms with Crippen LogP contribution < -0.4 is 4.74 Å². The van der Waals surface area contributed by atoms with Gasteiger partial charge in [-0.15, -0.1) is 10.2 Å². The summed E-state index contributed by atoms with van der Waals surface area (Å²) in [6.45, 7) is 6.36. The summed E-state index contributed by atoms with van der Waals surface area (Å²) in [5, 5.41) is 19.1. The summed E-state index contributed by atoms with van der Waals surface area (Å²) in [6.07, 6.45) is 0.866. The Morgan fingerprint density at radius 2 is 1.96 bits per heavy atom. The molecule has 0 aliphatic carbocycles. The van der Waals surface area contributed by atoms with Gasteiger partial charge in [-0.25, -0.2) is 0 Å². The molecule has 1 heterocycles. The van der Waals surface area contributed by atoms with E-state index in [1.54, 1.807) is 10.6 Å². The number of rotatable bonds is 6. The molecule has 0 radical (unpaired) electrons. The maximum absolute atomic E-state index is 12.1. The molecular weight excluding hydrogens is 342 g/mol. The summed E-state index contributed by atoms with van der Waals surface area (Å²) in [4.78, 5) is 12.1. The molecule has 3 rings (SSSR count). The number of amides is 1. The van der Waals surface area contributed by atoms with Gasteiger partial charge < -0.3 is 14.4 Å². The molecule has 1 N–H and O–H groups in total. The van der Waals surface area contributed by atoms with E-state index in [0.29, 0.717) is 18.0 Å². The number of para-hydroxylation sites is 1. The van der Waals surface area contributed by atoms with Crippen LogP contribution in [0.2, 0.25) is 0 Å². The summed E-state index contributed by atoms with van der Waals surface area (Å²) in [7, 11) is 0. The number of benzene rings is 2. The van der Waals surface area contributed by atoms with Crippen molar-refractivity contribution in [2.45, 2.75) is 33.7 Å². The molecule has 27 heavy (non-hydrogen) atoms. The lowest BCUT2D eigenvalue weighted by Gasteiger charge is -2.05. The van der Waals surface area contributed by atoms with Crippen LogP contribution in [0.15, 0.2) is 52.7 Å². The highest BCUT2D eigenvalue weighted by Crippen LogP contribution is 2.39. The number of ether oxygens (including phenoxy) is 1. The highest BCUT2D eigenvalue weighted by atomic mass is 16.5. The summed E-state index contributed by atoms with van der Waals surface area (Å²) < 4.78 is 7.29. The van der Waals surface area contributed by atoms with Crippen molar-refractivity contribution in [3.8, 4) is 11.6 Å². The quantitative estimate of drug-likeness (QED) is 0.620. The zero-order valence-electron chi connectivity index (χ0n) is 15.8. The number of hydrogen-bond donors (Lipinski definition) is 1. The van der Waals surface area contributed by atoms with Crippen molar-refractivity contribution < 1.29 is 14.6 Å². The van der Waals surface area contributed by atoms with Crippen molar-refractivity contribution in [2.24, 2.45) is 10.2 Å². The molecule has 3 aromatic rings. The molecule has 0 atom stereocenters. The van der Waals surface area contributed by atoms with Crippen LogP contribution in [0.1, 0.15) is 24.5 Å². The van der Waals surface area contributed by atoms with Gasteiger partial charge in [0, 0.05) is 11.9 Å². The second-order valence-electron chi connectivity index (χ2n) is 6.49. The third kappa shape index (κ3) is 4.00. The first kappa shape index (κ1) is 18.6. The highest BCUT2D eigenvalue weighted by Gasteiger charge is 2.16. The zero-order chi connectivity index (χ0) is 19.4. The van der Waals surface area contributed by atoms with E-state index >= 15 is 0 Å². The van der Waals surface area contributed by atoms with Gasteiger partial charge in [-0.05, 0) is 44.0 Å². The number of carbonyl (C=O) groups excluding carboxylic acids is 1. The number of aromatic nitrogens is 1. The van der Waals surface area contributed by atoms with Crippen LogP contribution in [0.4, 0.5) is 5.69 Å². The Morgan fingerprint density at radius 1 is 1.19 bits per heavy atom. The predicted molar refractivity (Wildman–Crippen MR) is 105 cm³/mol. The van der Waals surface area contributed by atoms with E-state index in [9.17, 15) is 9.90 Å². The van der Waals surface area contributed by atoms with Gasteiger partial charge in [0.25, 0.3) is 0 Å². The molecule has 2 aromatic carbocycles. The van der Waals surface area contributed by atoms with Gasteiger partial charge in [0.1, 0.15) is 5.75 Å². The fourth-order valence-corrected chi connectivity index (χ4v) is 2.98. The van der Waals surface area contributed by atoms with Crippen molar-refractivity contribution in [1.82, 2.24) is 4.57 Å². The summed E-state index contributed by atoms with van der Waals surface area (Å²) in [5.41, 5.74) is 3.17. The molecule has 0 fully saturated rings. The lowest BCUT2D eigenvalue weighted by Crippen LogP contribution is -2.08. The molecule has 0 aliphatic rings. The van der Waals surface area contributed by atoms with Gasteiger partial charge in [-0.2, -0.15) is 0 Å². The van der Waals surface area contributed by atoms with Gasteiger partial charge in [0.2, 0.25) is 5.88 Å². The second-order valence-corrected chi connectivity index (χ2v) is 6.49. The Kier molecular flexibility index (Phi) is 5.54. The molecule has 0 aliphatic heterocycles. The van der Waals surface area contributed by atoms with Gasteiger partial charge in [-0.1, -0.05) is 36.8 Å². The van der Waals surface area contributed by atoms with Gasteiger partial charge in [0.05, 0.1) is 5.52 Å². The highest BCUT2D eigenvalue weighted by molar-refractivity contribution is 5.95. The lowest BCUT2D eigenvalue weighted by atomic mass is 10.1. The van der Waals surface area contributed by atoms with Crippen LogP contribution >= 0.6 is 0 Å². The SMILES string of the molecule is CCCn1c(O)c(N=NC(=O)COc2ccccc2C)c2cc(C)ccc21. The van der Waals surface area contributed by atoms with Crippen molar-refractivity contribution in [2.75, 3.05) is 6.61 Å². The van der Waals surface area contributed by atoms with Gasteiger partial charge in [0.15, 0.2) is 12.3 Å². The molecule has 0 saturated heterocycles. The normalized spacial score (nSPS) is 11.4. The van der Waals surface area contributed by atoms with Crippen molar-refractivity contribution in [3.05, 3.63) is 53.6 Å². The molecule has 1 amide bonds. The standard InChI is InChI=1S/C21H23N3O3/c1-4-11-24-17-10-9-14(2)12-16(17)20(21(24)26)23-22-19(25)13-27-18-8-6-5-7-15(18)3/h5-10,12,26H,4,11,13H2,1-3H3. The maximum atomic E-state index is 12.1. The zero-order valence-corrected chi connectivity index (χ0v) is 15.8. The predicted octanol–water partition coefficient (Wildman–Crippen LogP) is 5.06. The van der Waals surface area contributed by atoms with E-state index in [-0.39, 0.29) is 12.5 Å². The first-order chi connectivity index (χ1) is 13.0. The molecule has 140 valence electrons. The minimum atomic E-state index is -0.512. The first-order valence-corrected chi connectivity index (χ1v) is 8.96. The summed E-state index contributed by atoms with van der Waals surface area (Å²) in [6, 6.07) is 13.3. The number of fused-ring (bicyclic) bond motifs is 1. The summed E-state index contributed by atoms with van der Waals surface area (Å²) in [5.74, 6) is 0.148. The Hall–Kier alpha value is -3.15. The maximum Gasteiger partial charge on any atom is 0.302 e. The Balaban J connectivity index is 1.83. The third-order valence-corrected chi connectivity index (χ3v) is 4.32. The van der Waals surface area contributed by atoms with Crippen LogP contribution in [-0.4, -0.2) is 22.2 Å². The molecule has 6 heteroatoms. The first-order valence-electron chi connectivity index (χ1n) is 8.96. The second kappa shape index (κ2) is 8.03. The molecular formula is C21H23N3O3. The lowest BCUT2D eigenvalue weighted by molar-refractivity contribution is -0.120. The number of aromatic hydroxyl groups is 1. The summed E-state index contributed by atoms with van der Waals surface area (Å²) >= 11 is 0. The number of aryl methyl sites for hydroxylation is 3. The van der Waals surface area contributed by atoms with Crippen LogP contribution in [-0.2, 0) is 11.3 Å². The molecule has 0 unspecified atom stereocenters. The number of azo groups is 1. The smallest absolute Gasteiger partial charge is 0.302 e. The molecule has 0 saturated carbocycles. The van der Waals surface area contributed by atoms with E-state index in [1.165, 1.54) is 0 Å². The number of hydrogen-bond acceptors (Lipinski definition) is 4. The van der Waals surface area contributed by atoms with E-state index in [1.807, 2.05) is 57.2 Å². The Labute approximate surface area is 158 Å². The largest absolute Gasteiger partial charge is 0.493 e. The fraction of sp³-hybridized carbons (Fsp3) is 0.286. The minimum Gasteiger partial charge on any atom is -0.493 e. The number of carbonyl (C=O) groups is 1. The topological polar surface area (TPSA) is 76.2 Å².